The van der Waals surface area contributed by atoms with E-state index in [1.165, 1.54) is 42.6 Å². The number of nitrogens with zero attached hydrogens (tertiary/aromatic N) is 2. The van der Waals surface area contributed by atoms with Crippen LogP contribution in [0.15, 0.2) is 60.7 Å². The van der Waals surface area contributed by atoms with Crippen LogP contribution in [0.4, 0.5) is 0 Å². The summed E-state index contributed by atoms with van der Waals surface area (Å²) >= 11 is 0. The molecule has 0 bridgehead atoms. The Morgan fingerprint density at radius 3 is 2.57 bits per heavy atom. The SMILES string of the molecule is CC1CCCN1CCc1ccc(C2=CCC3CN(C(=O)c4ccccc4)CC23)cc1. The molecule has 3 aliphatic rings. The van der Waals surface area contributed by atoms with Crippen LogP contribution < -0.4 is 0 Å². The summed E-state index contributed by atoms with van der Waals surface area (Å²) in [4.78, 5) is 17.6. The summed E-state index contributed by atoms with van der Waals surface area (Å²) < 4.78 is 0. The highest BCUT2D eigenvalue weighted by Crippen LogP contribution is 2.43. The van der Waals surface area contributed by atoms with Gasteiger partial charge in [0.2, 0.25) is 0 Å². The molecule has 0 N–H and O–H groups in total. The van der Waals surface area contributed by atoms with E-state index >= 15 is 0 Å². The Morgan fingerprint density at radius 1 is 1.03 bits per heavy atom. The summed E-state index contributed by atoms with van der Waals surface area (Å²) in [7, 11) is 0. The highest BCUT2D eigenvalue weighted by atomic mass is 16.2. The van der Waals surface area contributed by atoms with E-state index in [4.69, 9.17) is 0 Å². The Hall–Kier alpha value is -2.39. The van der Waals surface area contributed by atoms with Crippen LogP contribution in [0.25, 0.3) is 5.57 Å². The van der Waals surface area contributed by atoms with Crippen molar-refractivity contribution in [2.24, 2.45) is 11.8 Å². The first-order valence-electron chi connectivity index (χ1n) is 11.6. The van der Waals surface area contributed by atoms with Crippen LogP contribution in [-0.2, 0) is 6.42 Å². The third kappa shape index (κ3) is 3.83. The van der Waals surface area contributed by atoms with Crippen LogP contribution in [0.2, 0.25) is 0 Å². The van der Waals surface area contributed by atoms with Crippen molar-refractivity contribution in [3.8, 4) is 0 Å². The molecule has 1 aliphatic carbocycles. The second-order valence-corrected chi connectivity index (χ2v) is 9.31. The molecule has 2 aromatic carbocycles. The van der Waals surface area contributed by atoms with Gasteiger partial charge in [0.15, 0.2) is 0 Å². The number of likely N-dealkylation sites (tertiary alicyclic amines) is 2. The zero-order valence-corrected chi connectivity index (χ0v) is 18.0. The lowest BCUT2D eigenvalue weighted by Gasteiger charge is -2.21. The third-order valence-electron chi connectivity index (χ3n) is 7.45. The predicted octanol–water partition coefficient (Wildman–Crippen LogP) is 4.89. The standard InChI is InChI=1S/C27H32N2O/c1-20-6-5-16-28(20)17-15-21-9-11-22(12-10-21)25-14-13-24-18-29(19-26(24)25)27(30)23-7-3-2-4-8-23/h2-4,7-12,14,20,24,26H,5-6,13,15-19H2,1H3. The fourth-order valence-electron chi connectivity index (χ4n) is 5.61. The first-order valence-corrected chi connectivity index (χ1v) is 11.6. The molecule has 156 valence electrons. The smallest absolute Gasteiger partial charge is 0.253 e. The molecule has 3 nitrogen and oxygen atoms in total. The van der Waals surface area contributed by atoms with Crippen molar-refractivity contribution in [1.82, 2.24) is 9.80 Å². The zero-order chi connectivity index (χ0) is 20.5. The summed E-state index contributed by atoms with van der Waals surface area (Å²) in [5.74, 6) is 1.23. The number of allylic oxidation sites excluding steroid dienone is 1. The Kier molecular flexibility index (Phi) is 5.47. The predicted molar refractivity (Wildman–Crippen MR) is 122 cm³/mol. The lowest BCUT2D eigenvalue weighted by atomic mass is 9.90. The van der Waals surface area contributed by atoms with Crippen molar-refractivity contribution in [1.29, 1.82) is 0 Å². The van der Waals surface area contributed by atoms with Gasteiger partial charge in [0.25, 0.3) is 5.91 Å². The fourth-order valence-corrected chi connectivity index (χ4v) is 5.61. The first-order chi connectivity index (χ1) is 14.7. The molecule has 0 spiro atoms. The molecule has 3 heteroatoms. The monoisotopic (exact) mass is 400 g/mol. The first kappa shape index (κ1) is 19.6. The Balaban J connectivity index is 1.22. The highest BCUT2D eigenvalue weighted by Gasteiger charge is 2.40. The number of fused-ring (bicyclic) bond motifs is 1. The number of amides is 1. The van der Waals surface area contributed by atoms with Crippen molar-refractivity contribution < 1.29 is 4.79 Å². The Morgan fingerprint density at radius 2 is 1.83 bits per heavy atom. The summed E-state index contributed by atoms with van der Waals surface area (Å²) in [6.07, 6.45) is 7.34. The van der Waals surface area contributed by atoms with Gasteiger partial charge in [-0.15, -0.1) is 0 Å². The number of hydrogen-bond donors (Lipinski definition) is 0. The average Bonchev–Trinajstić information content (AvgIpc) is 3.49. The molecular weight excluding hydrogens is 368 g/mol. The van der Waals surface area contributed by atoms with Gasteiger partial charge in [-0.3, -0.25) is 4.79 Å². The second kappa shape index (κ2) is 8.39. The maximum atomic E-state index is 12.9. The van der Waals surface area contributed by atoms with Crippen LogP contribution in [0.3, 0.4) is 0 Å². The topological polar surface area (TPSA) is 23.6 Å². The van der Waals surface area contributed by atoms with Gasteiger partial charge in [0, 0.05) is 37.2 Å². The summed E-state index contributed by atoms with van der Waals surface area (Å²) in [6, 6.07) is 19.7. The molecule has 2 aliphatic heterocycles. The number of carbonyl (C=O) groups is 1. The van der Waals surface area contributed by atoms with Crippen LogP contribution in [0, 0.1) is 11.8 Å². The molecule has 2 fully saturated rings. The quantitative estimate of drug-likeness (QED) is 0.713. The van der Waals surface area contributed by atoms with Gasteiger partial charge >= 0.3 is 0 Å². The van der Waals surface area contributed by atoms with Crippen LogP contribution >= 0.6 is 0 Å². The molecule has 0 radical (unpaired) electrons. The number of carbonyl (C=O) groups excluding carboxylic acids is 1. The van der Waals surface area contributed by atoms with Gasteiger partial charge in [0.05, 0.1) is 0 Å². The molecule has 2 saturated heterocycles. The van der Waals surface area contributed by atoms with E-state index in [9.17, 15) is 4.79 Å². The van der Waals surface area contributed by atoms with Gasteiger partial charge in [0.1, 0.15) is 0 Å². The summed E-state index contributed by atoms with van der Waals surface area (Å²) in [5.41, 5.74) is 5.03. The van der Waals surface area contributed by atoms with E-state index in [0.717, 1.165) is 37.5 Å². The molecule has 1 amide bonds. The van der Waals surface area contributed by atoms with E-state index in [0.29, 0.717) is 11.8 Å². The third-order valence-corrected chi connectivity index (χ3v) is 7.45. The maximum absolute atomic E-state index is 12.9. The van der Waals surface area contributed by atoms with Gasteiger partial charge in [-0.25, -0.2) is 0 Å². The minimum atomic E-state index is 0.177. The van der Waals surface area contributed by atoms with Gasteiger partial charge in [-0.1, -0.05) is 48.5 Å². The van der Waals surface area contributed by atoms with Gasteiger partial charge in [-0.05, 0) is 73.9 Å². The van der Waals surface area contributed by atoms with Crippen molar-refractivity contribution in [2.75, 3.05) is 26.2 Å². The van der Waals surface area contributed by atoms with Crippen molar-refractivity contribution in [3.05, 3.63) is 77.4 Å². The van der Waals surface area contributed by atoms with E-state index < -0.39 is 0 Å². The zero-order valence-electron chi connectivity index (χ0n) is 18.0. The van der Waals surface area contributed by atoms with Crippen LogP contribution in [-0.4, -0.2) is 47.9 Å². The van der Waals surface area contributed by atoms with Gasteiger partial charge < -0.3 is 9.80 Å². The minimum Gasteiger partial charge on any atom is -0.338 e. The van der Waals surface area contributed by atoms with E-state index in [-0.39, 0.29) is 5.91 Å². The second-order valence-electron chi connectivity index (χ2n) is 9.31. The Bertz CT molecular complexity index is 918. The highest BCUT2D eigenvalue weighted by molar-refractivity contribution is 5.94. The fraction of sp³-hybridized carbons (Fsp3) is 0.444. The molecule has 0 saturated carbocycles. The molecule has 2 aromatic rings. The number of hydrogen-bond acceptors (Lipinski definition) is 2. The summed E-state index contributed by atoms with van der Waals surface area (Å²) in [5, 5.41) is 0. The normalized spacial score (nSPS) is 26.1. The van der Waals surface area contributed by atoms with Crippen molar-refractivity contribution in [3.63, 3.8) is 0 Å². The van der Waals surface area contributed by atoms with Crippen LogP contribution in [0.1, 0.15) is 47.7 Å². The molecular formula is C27H32N2O. The van der Waals surface area contributed by atoms with Crippen LogP contribution in [0.5, 0.6) is 0 Å². The lowest BCUT2D eigenvalue weighted by Crippen LogP contribution is -2.29. The molecule has 3 atom stereocenters. The minimum absolute atomic E-state index is 0.177. The lowest BCUT2D eigenvalue weighted by molar-refractivity contribution is 0.0785. The average molecular weight is 401 g/mol. The number of benzene rings is 2. The van der Waals surface area contributed by atoms with Gasteiger partial charge in [-0.2, -0.15) is 0 Å². The molecule has 0 aromatic heterocycles. The van der Waals surface area contributed by atoms with Crippen molar-refractivity contribution >= 4 is 11.5 Å². The van der Waals surface area contributed by atoms with Crippen molar-refractivity contribution in [2.45, 2.75) is 38.6 Å². The largest absolute Gasteiger partial charge is 0.338 e. The maximum Gasteiger partial charge on any atom is 0.253 e. The van der Waals surface area contributed by atoms with E-state index in [1.54, 1.807) is 0 Å². The molecule has 5 rings (SSSR count). The summed E-state index contributed by atoms with van der Waals surface area (Å²) in [6.45, 7) is 6.51. The Labute approximate surface area is 180 Å². The molecule has 3 unspecified atom stereocenters. The number of rotatable bonds is 5. The molecule has 30 heavy (non-hydrogen) atoms. The van der Waals surface area contributed by atoms with E-state index in [2.05, 4.69) is 47.1 Å². The molecule has 2 heterocycles. The van der Waals surface area contributed by atoms with E-state index in [1.807, 2.05) is 30.3 Å².